The quantitative estimate of drug-likeness (QED) is 0.598. The summed E-state index contributed by atoms with van der Waals surface area (Å²) in [6, 6.07) is 21.5. The van der Waals surface area contributed by atoms with Gasteiger partial charge in [-0.1, -0.05) is 67.6 Å². The summed E-state index contributed by atoms with van der Waals surface area (Å²) in [5.41, 5.74) is 2.50. The van der Waals surface area contributed by atoms with Crippen molar-refractivity contribution < 1.29 is 4.79 Å². The zero-order valence-corrected chi connectivity index (χ0v) is 17.6. The van der Waals surface area contributed by atoms with E-state index in [-0.39, 0.29) is 23.7 Å². The summed E-state index contributed by atoms with van der Waals surface area (Å²) < 4.78 is 0. The Bertz CT molecular complexity index is 674. The summed E-state index contributed by atoms with van der Waals surface area (Å²) in [4.78, 5) is 17.4. The predicted octanol–water partition coefficient (Wildman–Crippen LogP) is 4.99. The van der Waals surface area contributed by atoms with Gasteiger partial charge in [0, 0.05) is 25.1 Å². The van der Waals surface area contributed by atoms with Crippen molar-refractivity contribution in [2.24, 2.45) is 10.9 Å². The summed E-state index contributed by atoms with van der Waals surface area (Å²) in [5.74, 6) is 0.254. The van der Waals surface area contributed by atoms with E-state index in [1.54, 1.807) is 6.21 Å². The molecule has 0 N–H and O–H groups in total. The van der Waals surface area contributed by atoms with E-state index in [4.69, 9.17) is 0 Å². The molecule has 2 rings (SSSR count). The van der Waals surface area contributed by atoms with Crippen LogP contribution in [0.2, 0.25) is 0 Å². The third-order valence-corrected chi connectivity index (χ3v) is 5.00. The van der Waals surface area contributed by atoms with Gasteiger partial charge in [0.2, 0.25) is 5.91 Å². The molecule has 0 saturated carbocycles. The molecule has 0 heterocycles. The Balaban J connectivity index is 0.00000364. The fourth-order valence-corrected chi connectivity index (χ4v) is 3.93. The SMILES string of the molecule is CC(=O)N=CCCC(c1ccccc1)(c1ccccc1)C(C)CN(C)C.Cl. The molecule has 0 fully saturated rings. The van der Waals surface area contributed by atoms with Crippen LogP contribution in [0.1, 0.15) is 37.8 Å². The van der Waals surface area contributed by atoms with Crippen LogP contribution in [-0.4, -0.2) is 37.7 Å². The number of hydrogen-bond donors (Lipinski definition) is 0. The maximum Gasteiger partial charge on any atom is 0.242 e. The molecule has 1 amide bonds. The van der Waals surface area contributed by atoms with Crippen LogP contribution in [0.25, 0.3) is 0 Å². The molecule has 27 heavy (non-hydrogen) atoms. The fraction of sp³-hybridized carbons (Fsp3) is 0.391. The minimum Gasteiger partial charge on any atom is -0.309 e. The Hall–Kier alpha value is -1.97. The second kappa shape index (κ2) is 11.0. The van der Waals surface area contributed by atoms with Gasteiger partial charge in [-0.3, -0.25) is 4.79 Å². The first kappa shape index (κ1) is 23.1. The third kappa shape index (κ3) is 6.02. The van der Waals surface area contributed by atoms with Gasteiger partial charge in [-0.05, 0) is 44.0 Å². The number of benzene rings is 2. The molecule has 2 aromatic rings. The molecule has 1 unspecified atom stereocenters. The molecule has 0 bridgehead atoms. The van der Waals surface area contributed by atoms with E-state index in [0.29, 0.717) is 5.92 Å². The second-order valence-electron chi connectivity index (χ2n) is 7.24. The van der Waals surface area contributed by atoms with Gasteiger partial charge < -0.3 is 4.90 Å². The Labute approximate surface area is 169 Å². The van der Waals surface area contributed by atoms with Gasteiger partial charge in [0.05, 0.1) is 0 Å². The topological polar surface area (TPSA) is 32.7 Å². The summed E-state index contributed by atoms with van der Waals surface area (Å²) >= 11 is 0. The summed E-state index contributed by atoms with van der Waals surface area (Å²) in [7, 11) is 4.24. The number of rotatable bonds is 8. The molecule has 0 aromatic heterocycles. The predicted molar refractivity (Wildman–Crippen MR) is 117 cm³/mol. The van der Waals surface area contributed by atoms with Crippen molar-refractivity contribution in [3.8, 4) is 0 Å². The zero-order chi connectivity index (χ0) is 19.0. The lowest BCUT2D eigenvalue weighted by molar-refractivity contribution is -0.115. The van der Waals surface area contributed by atoms with Gasteiger partial charge in [-0.25, -0.2) is 4.99 Å². The highest BCUT2D eigenvalue weighted by molar-refractivity contribution is 5.85. The van der Waals surface area contributed by atoms with Crippen LogP contribution in [0.15, 0.2) is 65.7 Å². The van der Waals surface area contributed by atoms with Gasteiger partial charge >= 0.3 is 0 Å². The van der Waals surface area contributed by atoms with Gasteiger partial charge in [0.1, 0.15) is 0 Å². The highest BCUT2D eigenvalue weighted by atomic mass is 35.5. The molecule has 146 valence electrons. The van der Waals surface area contributed by atoms with Crippen molar-refractivity contribution in [3.63, 3.8) is 0 Å². The van der Waals surface area contributed by atoms with Crippen molar-refractivity contribution in [2.45, 2.75) is 32.1 Å². The average molecular weight is 387 g/mol. The van der Waals surface area contributed by atoms with Crippen LogP contribution in [0, 0.1) is 5.92 Å². The third-order valence-electron chi connectivity index (χ3n) is 5.00. The van der Waals surface area contributed by atoms with E-state index >= 15 is 0 Å². The molecule has 0 saturated heterocycles. The van der Waals surface area contributed by atoms with Gasteiger partial charge in [0.15, 0.2) is 0 Å². The maximum atomic E-state index is 11.2. The largest absolute Gasteiger partial charge is 0.309 e. The maximum absolute atomic E-state index is 11.2. The highest BCUT2D eigenvalue weighted by Crippen LogP contribution is 2.43. The molecule has 0 spiro atoms. The first-order chi connectivity index (χ1) is 12.5. The molecule has 3 nitrogen and oxygen atoms in total. The lowest BCUT2D eigenvalue weighted by Gasteiger charge is -2.42. The molecule has 0 radical (unpaired) electrons. The van der Waals surface area contributed by atoms with Gasteiger partial charge in [-0.15, -0.1) is 12.4 Å². The summed E-state index contributed by atoms with van der Waals surface area (Å²) in [5, 5.41) is 0. The molecule has 1 atom stereocenters. The molecule has 0 aliphatic rings. The van der Waals surface area contributed by atoms with E-state index in [1.165, 1.54) is 18.1 Å². The minimum atomic E-state index is -0.142. The number of hydrogen-bond acceptors (Lipinski definition) is 2. The molecule has 4 heteroatoms. The normalized spacial score (nSPS) is 12.8. The molecular weight excluding hydrogens is 356 g/mol. The van der Waals surface area contributed by atoms with E-state index in [1.807, 2.05) is 0 Å². The van der Waals surface area contributed by atoms with Crippen LogP contribution in [0.5, 0.6) is 0 Å². The van der Waals surface area contributed by atoms with Crippen LogP contribution in [0.4, 0.5) is 0 Å². The van der Waals surface area contributed by atoms with Crippen LogP contribution in [-0.2, 0) is 10.2 Å². The van der Waals surface area contributed by atoms with Crippen LogP contribution >= 0.6 is 12.4 Å². The van der Waals surface area contributed by atoms with E-state index in [0.717, 1.165) is 19.4 Å². The van der Waals surface area contributed by atoms with E-state index in [9.17, 15) is 4.79 Å². The van der Waals surface area contributed by atoms with Gasteiger partial charge in [0.25, 0.3) is 0 Å². The van der Waals surface area contributed by atoms with E-state index < -0.39 is 0 Å². The lowest BCUT2D eigenvalue weighted by atomic mass is 9.63. The smallest absolute Gasteiger partial charge is 0.242 e. The second-order valence-corrected chi connectivity index (χ2v) is 7.24. The Morgan fingerprint density at radius 2 is 1.52 bits per heavy atom. The molecular formula is C23H31ClN2O. The Kier molecular flexibility index (Phi) is 9.40. The number of nitrogens with zero attached hydrogens (tertiary/aromatic N) is 2. The van der Waals surface area contributed by atoms with Crippen molar-refractivity contribution in [1.82, 2.24) is 4.90 Å². The van der Waals surface area contributed by atoms with Crippen molar-refractivity contribution >= 4 is 24.5 Å². The highest BCUT2D eigenvalue weighted by Gasteiger charge is 2.39. The first-order valence-corrected chi connectivity index (χ1v) is 9.25. The number of carbonyl (C=O) groups is 1. The molecule has 2 aromatic carbocycles. The van der Waals surface area contributed by atoms with Crippen LogP contribution in [0.3, 0.4) is 0 Å². The Morgan fingerprint density at radius 1 is 1.04 bits per heavy atom. The number of amides is 1. The number of halogens is 1. The number of aliphatic imine (C=N–C) groups is 1. The van der Waals surface area contributed by atoms with Crippen molar-refractivity contribution in [1.29, 1.82) is 0 Å². The average Bonchev–Trinajstić information content (AvgIpc) is 2.62. The number of carbonyl (C=O) groups excluding carboxylic acids is 1. The standard InChI is InChI=1S/C23H30N2O.ClH/c1-19(18-25(3)4)23(16-11-17-24-20(2)26,21-12-7-5-8-13-21)22-14-9-6-10-15-22;/h5-10,12-15,17,19H,11,16,18H2,1-4H3;1H. The first-order valence-electron chi connectivity index (χ1n) is 9.25. The monoisotopic (exact) mass is 386 g/mol. The van der Waals surface area contributed by atoms with Crippen LogP contribution < -0.4 is 0 Å². The minimum absolute atomic E-state index is 0. The fourth-order valence-electron chi connectivity index (χ4n) is 3.93. The van der Waals surface area contributed by atoms with Gasteiger partial charge in [-0.2, -0.15) is 0 Å². The zero-order valence-electron chi connectivity index (χ0n) is 16.8. The summed E-state index contributed by atoms with van der Waals surface area (Å²) in [6.07, 6.45) is 3.44. The lowest BCUT2D eigenvalue weighted by Crippen LogP contribution is -2.40. The van der Waals surface area contributed by atoms with E-state index in [2.05, 4.69) is 91.6 Å². The Morgan fingerprint density at radius 3 is 1.93 bits per heavy atom. The summed E-state index contributed by atoms with van der Waals surface area (Å²) in [6.45, 7) is 4.79. The van der Waals surface area contributed by atoms with Crippen molar-refractivity contribution in [3.05, 3.63) is 71.8 Å². The molecule has 0 aliphatic heterocycles. The molecule has 0 aliphatic carbocycles. The van der Waals surface area contributed by atoms with Crippen molar-refractivity contribution in [2.75, 3.05) is 20.6 Å².